The Balaban J connectivity index is 4.36. The second-order valence-electron chi connectivity index (χ2n) is 3.53. The van der Waals surface area contributed by atoms with E-state index < -0.39 is 30.5 Å². The van der Waals surface area contributed by atoms with Crippen molar-refractivity contribution in [2.45, 2.75) is 37.2 Å². The quantitative estimate of drug-likeness (QED) is 0.772. The van der Waals surface area contributed by atoms with Crippen LogP contribution in [0.15, 0.2) is 0 Å². The number of aliphatic carboxylic acids is 1. The summed E-state index contributed by atoms with van der Waals surface area (Å²) in [5.41, 5.74) is 0. The molecule has 17 heavy (non-hydrogen) atoms. The van der Waals surface area contributed by atoms with Crippen molar-refractivity contribution in [2.75, 3.05) is 6.26 Å². The first kappa shape index (κ1) is 16.1. The van der Waals surface area contributed by atoms with Crippen LogP contribution in [-0.4, -0.2) is 40.7 Å². The lowest BCUT2D eigenvalue weighted by Gasteiger charge is -2.17. The van der Waals surface area contributed by atoms with Gasteiger partial charge in [-0.25, -0.2) is 4.79 Å². The van der Waals surface area contributed by atoms with Gasteiger partial charge in [0.15, 0.2) is 0 Å². The minimum Gasteiger partial charge on any atom is -0.480 e. The molecule has 2 N–H and O–H groups in total. The number of rotatable bonds is 6. The molecule has 2 unspecified atom stereocenters. The van der Waals surface area contributed by atoms with E-state index >= 15 is 0 Å². The molecule has 100 valence electrons. The predicted octanol–water partition coefficient (Wildman–Crippen LogP) is 1.65. The fraction of sp³-hybridized carbons (Fsp3) is 0.778. The number of nitrogens with one attached hydrogen (secondary N) is 1. The van der Waals surface area contributed by atoms with Crippen molar-refractivity contribution in [2.24, 2.45) is 0 Å². The molecular formula is C9H14F3NO3S. The minimum absolute atomic E-state index is 0.0111. The van der Waals surface area contributed by atoms with Crippen LogP contribution in [0, 0.1) is 0 Å². The van der Waals surface area contributed by atoms with Gasteiger partial charge < -0.3 is 10.4 Å². The summed E-state index contributed by atoms with van der Waals surface area (Å²) in [6, 6.07) is -1.92. The van der Waals surface area contributed by atoms with Crippen molar-refractivity contribution in [1.82, 2.24) is 5.32 Å². The highest BCUT2D eigenvalue weighted by Crippen LogP contribution is 2.21. The monoisotopic (exact) mass is 273 g/mol. The molecule has 0 bridgehead atoms. The topological polar surface area (TPSA) is 66.4 Å². The summed E-state index contributed by atoms with van der Waals surface area (Å²) in [4.78, 5) is 21.8. The normalized spacial score (nSPS) is 15.1. The average Bonchev–Trinajstić information content (AvgIpc) is 2.14. The molecule has 0 fully saturated rings. The molecule has 1 amide bonds. The Bertz CT molecular complexity index is 283. The highest BCUT2D eigenvalue weighted by molar-refractivity contribution is 7.99. The molecule has 8 heteroatoms. The van der Waals surface area contributed by atoms with Gasteiger partial charge in [-0.15, -0.1) is 0 Å². The van der Waals surface area contributed by atoms with E-state index in [1.807, 2.05) is 5.32 Å². The maximum Gasteiger partial charge on any atom is 0.391 e. The van der Waals surface area contributed by atoms with Gasteiger partial charge in [0.25, 0.3) is 0 Å². The number of carboxylic acids is 1. The molecular weight excluding hydrogens is 259 g/mol. The Hall–Kier alpha value is -0.920. The summed E-state index contributed by atoms with van der Waals surface area (Å²) in [5, 5.41) is 10.3. The van der Waals surface area contributed by atoms with E-state index in [0.717, 1.165) is 0 Å². The standard InChI is InChI=1S/C9H14F3NO3S/c1-5(17-2)3-7(14)13-6(8(15)16)4-9(10,11)12/h5-6H,3-4H2,1-2H3,(H,13,14)(H,15,16). The third kappa shape index (κ3) is 7.89. The van der Waals surface area contributed by atoms with Crippen LogP contribution in [0.5, 0.6) is 0 Å². The molecule has 0 aromatic carbocycles. The Kier molecular flexibility index (Phi) is 6.36. The first-order chi connectivity index (χ1) is 7.65. The van der Waals surface area contributed by atoms with Gasteiger partial charge in [0, 0.05) is 11.7 Å². The van der Waals surface area contributed by atoms with Crippen molar-refractivity contribution in [3.63, 3.8) is 0 Å². The lowest BCUT2D eigenvalue weighted by atomic mass is 10.2. The first-order valence-electron chi connectivity index (χ1n) is 4.77. The molecule has 0 saturated heterocycles. The summed E-state index contributed by atoms with van der Waals surface area (Å²) < 4.78 is 36.1. The van der Waals surface area contributed by atoms with Gasteiger partial charge in [0.1, 0.15) is 6.04 Å². The van der Waals surface area contributed by atoms with Crippen LogP contribution >= 0.6 is 11.8 Å². The van der Waals surface area contributed by atoms with Crippen molar-refractivity contribution in [1.29, 1.82) is 0 Å². The zero-order valence-electron chi connectivity index (χ0n) is 9.37. The zero-order chi connectivity index (χ0) is 13.6. The maximum absolute atomic E-state index is 12.0. The van der Waals surface area contributed by atoms with Gasteiger partial charge >= 0.3 is 12.1 Å². The molecule has 0 heterocycles. The van der Waals surface area contributed by atoms with Gasteiger partial charge in [0.2, 0.25) is 5.91 Å². The minimum atomic E-state index is -4.62. The highest BCUT2D eigenvalue weighted by atomic mass is 32.2. The van der Waals surface area contributed by atoms with E-state index in [4.69, 9.17) is 5.11 Å². The van der Waals surface area contributed by atoms with E-state index in [1.165, 1.54) is 11.8 Å². The summed E-state index contributed by atoms with van der Waals surface area (Å²) in [7, 11) is 0. The van der Waals surface area contributed by atoms with Crippen molar-refractivity contribution in [3.8, 4) is 0 Å². The number of halogens is 3. The van der Waals surface area contributed by atoms with Crippen molar-refractivity contribution in [3.05, 3.63) is 0 Å². The molecule has 2 atom stereocenters. The Morgan fingerprint density at radius 3 is 2.29 bits per heavy atom. The van der Waals surface area contributed by atoms with Crippen LogP contribution in [0.4, 0.5) is 13.2 Å². The van der Waals surface area contributed by atoms with E-state index in [-0.39, 0.29) is 11.7 Å². The largest absolute Gasteiger partial charge is 0.480 e. The third-order valence-corrected chi connectivity index (χ3v) is 2.92. The van der Waals surface area contributed by atoms with Crippen LogP contribution < -0.4 is 5.32 Å². The molecule has 0 rings (SSSR count). The number of thioether (sulfide) groups is 1. The maximum atomic E-state index is 12.0. The van der Waals surface area contributed by atoms with Crippen LogP contribution in [0.2, 0.25) is 0 Å². The fourth-order valence-electron chi connectivity index (χ4n) is 1.03. The molecule has 4 nitrogen and oxygen atoms in total. The number of alkyl halides is 3. The second-order valence-corrected chi connectivity index (χ2v) is 4.80. The Morgan fingerprint density at radius 2 is 1.94 bits per heavy atom. The van der Waals surface area contributed by atoms with Gasteiger partial charge in [-0.2, -0.15) is 24.9 Å². The predicted molar refractivity (Wildman–Crippen MR) is 57.8 cm³/mol. The van der Waals surface area contributed by atoms with Gasteiger partial charge in [-0.3, -0.25) is 4.79 Å². The number of hydrogen-bond acceptors (Lipinski definition) is 3. The molecule has 0 aliphatic rings. The SMILES string of the molecule is CSC(C)CC(=O)NC(CC(F)(F)F)C(=O)O. The molecule has 0 saturated carbocycles. The highest BCUT2D eigenvalue weighted by Gasteiger charge is 2.36. The molecule has 0 aliphatic heterocycles. The molecule has 0 aromatic heterocycles. The zero-order valence-corrected chi connectivity index (χ0v) is 10.2. The number of carboxylic acid groups (broad SMARTS) is 1. The Labute approximate surface area is 101 Å². The van der Waals surface area contributed by atoms with Crippen molar-refractivity contribution < 1.29 is 27.9 Å². The Morgan fingerprint density at radius 1 is 1.41 bits per heavy atom. The van der Waals surface area contributed by atoms with Gasteiger partial charge in [-0.05, 0) is 6.26 Å². The number of carbonyl (C=O) groups is 2. The number of amides is 1. The van der Waals surface area contributed by atoms with E-state index in [9.17, 15) is 22.8 Å². The molecule has 0 aromatic rings. The van der Waals surface area contributed by atoms with Crippen LogP contribution in [0.25, 0.3) is 0 Å². The lowest BCUT2D eigenvalue weighted by molar-refractivity contribution is -0.160. The smallest absolute Gasteiger partial charge is 0.391 e. The van der Waals surface area contributed by atoms with Gasteiger partial charge in [0.05, 0.1) is 6.42 Å². The fourth-order valence-corrected chi connectivity index (χ4v) is 1.35. The van der Waals surface area contributed by atoms with Crippen LogP contribution in [-0.2, 0) is 9.59 Å². The second kappa shape index (κ2) is 6.73. The first-order valence-corrected chi connectivity index (χ1v) is 6.06. The number of hydrogen-bond donors (Lipinski definition) is 2. The molecule has 0 radical (unpaired) electrons. The summed E-state index contributed by atoms with van der Waals surface area (Å²) in [6.07, 6.45) is -4.45. The van der Waals surface area contributed by atoms with Crippen molar-refractivity contribution >= 4 is 23.6 Å². The molecule has 0 spiro atoms. The molecule has 0 aliphatic carbocycles. The summed E-state index contributed by atoms with van der Waals surface area (Å²) in [5.74, 6) is -2.38. The van der Waals surface area contributed by atoms with E-state index in [1.54, 1.807) is 13.2 Å². The average molecular weight is 273 g/mol. The van der Waals surface area contributed by atoms with Gasteiger partial charge in [-0.1, -0.05) is 6.92 Å². The summed E-state index contributed by atoms with van der Waals surface area (Å²) in [6.45, 7) is 1.73. The number of carbonyl (C=O) groups excluding carboxylic acids is 1. The van der Waals surface area contributed by atoms with E-state index in [2.05, 4.69) is 0 Å². The van der Waals surface area contributed by atoms with Crippen LogP contribution in [0.1, 0.15) is 19.8 Å². The third-order valence-electron chi connectivity index (χ3n) is 1.94. The lowest BCUT2D eigenvalue weighted by Crippen LogP contribution is -2.44. The van der Waals surface area contributed by atoms with E-state index in [0.29, 0.717) is 0 Å². The summed E-state index contributed by atoms with van der Waals surface area (Å²) >= 11 is 1.37. The van der Waals surface area contributed by atoms with Crippen LogP contribution in [0.3, 0.4) is 0 Å².